The minimum atomic E-state index is -0.520. The fraction of sp³-hybridized carbons (Fsp3) is 0.231. The van der Waals surface area contributed by atoms with Crippen molar-refractivity contribution < 1.29 is 13.9 Å². The molecule has 0 aliphatic rings. The third-order valence-corrected chi connectivity index (χ3v) is 2.57. The van der Waals surface area contributed by atoms with E-state index in [1.165, 1.54) is 7.11 Å². The van der Waals surface area contributed by atoms with Gasteiger partial charge in [-0.2, -0.15) is 0 Å². The molecule has 2 rings (SSSR count). The lowest BCUT2D eigenvalue weighted by Gasteiger charge is -2.01. The zero-order valence-corrected chi connectivity index (χ0v) is 9.93. The van der Waals surface area contributed by atoms with Crippen molar-refractivity contribution >= 4 is 5.97 Å². The zero-order chi connectivity index (χ0) is 13.0. The largest absolute Gasteiger partial charge is 0.469 e. The van der Waals surface area contributed by atoms with Crippen LogP contribution in [0.3, 0.4) is 0 Å². The van der Waals surface area contributed by atoms with Gasteiger partial charge in [0.2, 0.25) is 0 Å². The number of benzene rings is 1. The number of ether oxygens (including phenoxy) is 1. The summed E-state index contributed by atoms with van der Waals surface area (Å²) in [6.07, 6.45) is 0.507. The van der Waals surface area contributed by atoms with E-state index in [1.807, 2.05) is 30.3 Å². The molecule has 0 unspecified atom stereocenters. The van der Waals surface area contributed by atoms with Crippen molar-refractivity contribution in [1.29, 1.82) is 0 Å². The molecule has 0 fully saturated rings. The fourth-order valence-electron chi connectivity index (χ4n) is 1.69. The number of carbonyl (C=O) groups is 1. The summed E-state index contributed by atoms with van der Waals surface area (Å²) in [7, 11) is 1.33. The molecule has 0 spiro atoms. The molecular weight excluding hydrogens is 234 g/mol. The molecule has 0 aliphatic heterocycles. The van der Waals surface area contributed by atoms with Gasteiger partial charge < -0.3 is 9.15 Å². The lowest BCUT2D eigenvalue weighted by atomic mass is 10.1. The van der Waals surface area contributed by atoms with Crippen LogP contribution in [0, 0.1) is 0 Å². The van der Waals surface area contributed by atoms with E-state index >= 15 is 0 Å². The lowest BCUT2D eigenvalue weighted by molar-refractivity contribution is -0.140. The van der Waals surface area contributed by atoms with E-state index < -0.39 is 5.76 Å². The summed E-state index contributed by atoms with van der Waals surface area (Å²) in [4.78, 5) is 25.0. The lowest BCUT2D eigenvalue weighted by Crippen LogP contribution is -2.02. The number of methoxy groups -OCH3 is 1. The van der Waals surface area contributed by atoms with E-state index in [0.29, 0.717) is 17.9 Å². The molecule has 94 valence electrons. The van der Waals surface area contributed by atoms with Crippen LogP contribution in [-0.2, 0) is 16.0 Å². The number of nitrogens with one attached hydrogen (secondary N) is 1. The summed E-state index contributed by atoms with van der Waals surface area (Å²) in [5, 5.41) is 0. The number of aromatic nitrogens is 1. The molecular formula is C13H13NO4. The van der Waals surface area contributed by atoms with Crippen molar-refractivity contribution in [3.63, 3.8) is 0 Å². The van der Waals surface area contributed by atoms with Gasteiger partial charge in [0.05, 0.1) is 19.2 Å². The van der Waals surface area contributed by atoms with E-state index in [-0.39, 0.29) is 12.4 Å². The van der Waals surface area contributed by atoms with Gasteiger partial charge in [-0.05, 0) is 0 Å². The second kappa shape index (κ2) is 5.35. The highest BCUT2D eigenvalue weighted by molar-refractivity contribution is 5.70. The number of H-pyrrole nitrogens is 1. The van der Waals surface area contributed by atoms with Crippen molar-refractivity contribution in [3.05, 3.63) is 46.6 Å². The first-order valence-electron chi connectivity index (χ1n) is 5.55. The Balaban J connectivity index is 2.26. The Morgan fingerprint density at radius 2 is 2.06 bits per heavy atom. The predicted molar refractivity (Wildman–Crippen MR) is 65.1 cm³/mol. The molecule has 2 aromatic rings. The van der Waals surface area contributed by atoms with Crippen LogP contribution in [0.25, 0.3) is 11.3 Å². The second-order valence-corrected chi connectivity index (χ2v) is 3.75. The summed E-state index contributed by atoms with van der Waals surface area (Å²) in [6.45, 7) is 0. The Morgan fingerprint density at radius 3 is 2.72 bits per heavy atom. The molecule has 0 amide bonds. The van der Waals surface area contributed by atoms with Gasteiger partial charge in [-0.3, -0.25) is 9.78 Å². The highest BCUT2D eigenvalue weighted by atomic mass is 16.5. The first-order valence-corrected chi connectivity index (χ1v) is 5.55. The number of aromatic amines is 1. The van der Waals surface area contributed by atoms with Gasteiger partial charge in [-0.25, -0.2) is 4.79 Å². The van der Waals surface area contributed by atoms with Crippen LogP contribution in [0.5, 0.6) is 0 Å². The Morgan fingerprint density at radius 1 is 1.33 bits per heavy atom. The Labute approximate surface area is 103 Å². The molecule has 5 heteroatoms. The summed E-state index contributed by atoms with van der Waals surface area (Å²) in [6, 6.07) is 9.34. The van der Waals surface area contributed by atoms with Crippen LogP contribution in [0.1, 0.15) is 12.2 Å². The van der Waals surface area contributed by atoms with Gasteiger partial charge in [0, 0.05) is 12.0 Å². The maximum Gasteiger partial charge on any atom is 0.416 e. The van der Waals surface area contributed by atoms with Gasteiger partial charge in [0.25, 0.3) is 0 Å². The van der Waals surface area contributed by atoms with Crippen molar-refractivity contribution in [2.45, 2.75) is 12.8 Å². The van der Waals surface area contributed by atoms with Crippen LogP contribution < -0.4 is 5.76 Å². The maximum atomic E-state index is 11.3. The van der Waals surface area contributed by atoms with Crippen LogP contribution >= 0.6 is 0 Å². The maximum absolute atomic E-state index is 11.3. The van der Waals surface area contributed by atoms with Crippen molar-refractivity contribution in [2.75, 3.05) is 7.11 Å². The average Bonchev–Trinajstić information content (AvgIpc) is 2.78. The van der Waals surface area contributed by atoms with Crippen LogP contribution in [-0.4, -0.2) is 18.1 Å². The molecule has 0 saturated carbocycles. The fourth-order valence-corrected chi connectivity index (χ4v) is 1.69. The molecule has 1 aromatic heterocycles. The third-order valence-electron chi connectivity index (χ3n) is 2.57. The number of carbonyl (C=O) groups excluding carboxylic acids is 1. The topological polar surface area (TPSA) is 72.3 Å². The van der Waals surface area contributed by atoms with Gasteiger partial charge >= 0.3 is 11.7 Å². The number of hydrogen-bond donors (Lipinski definition) is 1. The van der Waals surface area contributed by atoms with E-state index in [1.54, 1.807) is 0 Å². The van der Waals surface area contributed by atoms with Gasteiger partial charge in [0.15, 0.2) is 0 Å². The average molecular weight is 247 g/mol. The molecule has 5 nitrogen and oxygen atoms in total. The second-order valence-electron chi connectivity index (χ2n) is 3.75. The SMILES string of the molecule is COC(=O)CCc1oc(=O)[nH]c1-c1ccccc1. The van der Waals surface area contributed by atoms with Crippen LogP contribution in [0.2, 0.25) is 0 Å². The predicted octanol–water partition coefficient (Wildman–Crippen LogP) is 1.74. The normalized spacial score (nSPS) is 10.3. The standard InChI is InChI=1S/C13H13NO4/c1-17-11(15)8-7-10-12(14-13(16)18-10)9-5-3-2-4-6-9/h2-6H,7-8H2,1H3,(H,14,16). The molecule has 1 N–H and O–H groups in total. The Hall–Kier alpha value is -2.30. The quantitative estimate of drug-likeness (QED) is 0.835. The summed E-state index contributed by atoms with van der Waals surface area (Å²) in [5.74, 6) is -0.386. The smallest absolute Gasteiger partial charge is 0.416 e. The van der Waals surface area contributed by atoms with Crippen LogP contribution in [0.15, 0.2) is 39.5 Å². The van der Waals surface area contributed by atoms with E-state index in [2.05, 4.69) is 9.72 Å². The third kappa shape index (κ3) is 2.68. The molecule has 1 aromatic carbocycles. The number of hydrogen-bond acceptors (Lipinski definition) is 4. The first-order chi connectivity index (χ1) is 8.70. The van der Waals surface area contributed by atoms with Gasteiger partial charge in [-0.1, -0.05) is 30.3 Å². The summed E-state index contributed by atoms with van der Waals surface area (Å²) < 4.78 is 9.60. The van der Waals surface area contributed by atoms with Crippen molar-refractivity contribution in [3.8, 4) is 11.3 Å². The van der Waals surface area contributed by atoms with Gasteiger partial charge in [-0.15, -0.1) is 0 Å². The highest BCUT2D eigenvalue weighted by Gasteiger charge is 2.13. The number of oxazole rings is 1. The molecule has 18 heavy (non-hydrogen) atoms. The van der Waals surface area contributed by atoms with Crippen molar-refractivity contribution in [1.82, 2.24) is 4.98 Å². The number of rotatable bonds is 4. The van der Waals surface area contributed by atoms with Crippen LogP contribution in [0.4, 0.5) is 0 Å². The van der Waals surface area contributed by atoms with E-state index in [0.717, 1.165) is 5.56 Å². The first kappa shape index (κ1) is 12.2. The molecule has 1 heterocycles. The number of esters is 1. The highest BCUT2D eigenvalue weighted by Crippen LogP contribution is 2.21. The van der Waals surface area contributed by atoms with Gasteiger partial charge in [0.1, 0.15) is 5.76 Å². The van der Waals surface area contributed by atoms with E-state index in [9.17, 15) is 9.59 Å². The minimum Gasteiger partial charge on any atom is -0.469 e. The Bertz CT molecular complexity index is 583. The zero-order valence-electron chi connectivity index (χ0n) is 9.93. The molecule has 0 atom stereocenters. The van der Waals surface area contributed by atoms with E-state index in [4.69, 9.17) is 4.42 Å². The summed E-state index contributed by atoms with van der Waals surface area (Å²) in [5.41, 5.74) is 1.47. The van der Waals surface area contributed by atoms with Crippen molar-refractivity contribution in [2.24, 2.45) is 0 Å². The Kier molecular flexibility index (Phi) is 3.62. The molecule has 0 bridgehead atoms. The molecule has 0 saturated heterocycles. The molecule has 0 aliphatic carbocycles. The monoisotopic (exact) mass is 247 g/mol. The minimum absolute atomic E-state index is 0.178. The number of aryl methyl sites for hydroxylation is 1. The summed E-state index contributed by atoms with van der Waals surface area (Å²) >= 11 is 0. The molecule has 0 radical (unpaired) electrons.